The number of nitrogens with two attached hydrogens (primary N) is 1. The monoisotopic (exact) mass is 361 g/mol. The van der Waals surface area contributed by atoms with Gasteiger partial charge in [-0.15, -0.1) is 0 Å². The van der Waals surface area contributed by atoms with Crippen LogP contribution < -0.4 is 11.1 Å². The van der Waals surface area contributed by atoms with Crippen molar-refractivity contribution in [2.75, 3.05) is 11.9 Å². The number of fused-ring (bicyclic) bond motifs is 1. The Hall–Kier alpha value is -2.39. The molecule has 3 rings (SSSR count). The molecule has 0 aliphatic carbocycles. The zero-order valence-corrected chi connectivity index (χ0v) is 17.0. The van der Waals surface area contributed by atoms with Crippen LogP contribution in [0.5, 0.6) is 0 Å². The maximum absolute atomic E-state index is 5.68. The summed E-state index contributed by atoms with van der Waals surface area (Å²) in [6, 6.07) is 6.55. The molecule has 27 heavy (non-hydrogen) atoms. The molecule has 0 saturated carbocycles. The van der Waals surface area contributed by atoms with E-state index in [2.05, 4.69) is 64.0 Å². The summed E-state index contributed by atoms with van der Waals surface area (Å²) in [5.74, 6) is 0.427. The molecule has 1 aliphatic rings. The second kappa shape index (κ2) is 8.10. The van der Waals surface area contributed by atoms with Crippen LogP contribution in [0.25, 0.3) is 16.8 Å². The van der Waals surface area contributed by atoms with Gasteiger partial charge in [0, 0.05) is 23.5 Å². The molecule has 1 atom stereocenters. The van der Waals surface area contributed by atoms with Crippen LogP contribution in [0.4, 0.5) is 5.69 Å². The third-order valence-electron chi connectivity index (χ3n) is 5.67. The van der Waals surface area contributed by atoms with Gasteiger partial charge in [-0.1, -0.05) is 33.4 Å². The lowest BCUT2D eigenvalue weighted by atomic mass is 9.81. The molecule has 0 bridgehead atoms. The van der Waals surface area contributed by atoms with Gasteiger partial charge in [0.1, 0.15) is 0 Å². The first-order valence-electron chi connectivity index (χ1n) is 9.99. The molecule has 0 amide bonds. The van der Waals surface area contributed by atoms with E-state index in [0.29, 0.717) is 12.5 Å². The lowest BCUT2D eigenvalue weighted by molar-refractivity contribution is 0.735. The molecule has 0 fully saturated rings. The van der Waals surface area contributed by atoms with E-state index in [1.165, 1.54) is 39.1 Å². The highest BCUT2D eigenvalue weighted by Crippen LogP contribution is 2.45. The van der Waals surface area contributed by atoms with Gasteiger partial charge in [0.15, 0.2) is 0 Å². The highest BCUT2D eigenvalue weighted by molar-refractivity contribution is 5.93. The van der Waals surface area contributed by atoms with Crippen molar-refractivity contribution in [3.05, 3.63) is 65.0 Å². The summed E-state index contributed by atoms with van der Waals surface area (Å²) in [4.78, 5) is 4.78. The minimum atomic E-state index is 0.427. The first kappa shape index (κ1) is 19.4. The Bertz CT molecular complexity index is 875. The zero-order valence-electron chi connectivity index (χ0n) is 17.0. The average Bonchev–Trinajstić information content (AvgIpc) is 2.68. The number of benzene rings is 1. The molecule has 0 radical (unpaired) electrons. The fraction of sp³-hybridized carbons (Fsp3) is 0.375. The Kier molecular flexibility index (Phi) is 5.81. The first-order valence-corrected chi connectivity index (χ1v) is 9.99. The van der Waals surface area contributed by atoms with Crippen LogP contribution in [0.1, 0.15) is 61.8 Å². The van der Waals surface area contributed by atoms with Gasteiger partial charge in [-0.3, -0.25) is 4.98 Å². The second-order valence-corrected chi connectivity index (χ2v) is 7.45. The summed E-state index contributed by atoms with van der Waals surface area (Å²) in [6.07, 6.45) is 7.00. The van der Waals surface area contributed by atoms with E-state index in [-0.39, 0.29) is 0 Å². The average molecular weight is 362 g/mol. The number of aryl methyl sites for hydroxylation is 1. The Balaban J connectivity index is 2.20. The van der Waals surface area contributed by atoms with Crippen molar-refractivity contribution >= 4 is 11.3 Å². The van der Waals surface area contributed by atoms with Crippen LogP contribution in [-0.4, -0.2) is 11.5 Å². The molecule has 1 aromatic carbocycles. The molecule has 3 nitrogen and oxygen atoms in total. The molecule has 1 aliphatic heterocycles. The predicted molar refractivity (Wildman–Crippen MR) is 117 cm³/mol. The first-order chi connectivity index (χ1) is 13.0. The van der Waals surface area contributed by atoms with E-state index in [1.807, 2.05) is 6.20 Å². The lowest BCUT2D eigenvalue weighted by Gasteiger charge is -2.28. The van der Waals surface area contributed by atoms with Gasteiger partial charge in [0.05, 0.1) is 11.4 Å². The number of allylic oxidation sites excluding steroid dienone is 2. The molecule has 3 heteroatoms. The van der Waals surface area contributed by atoms with Gasteiger partial charge in [-0.25, -0.2) is 0 Å². The van der Waals surface area contributed by atoms with Gasteiger partial charge in [-0.05, 0) is 78.6 Å². The summed E-state index contributed by atoms with van der Waals surface area (Å²) in [6.45, 7) is 13.9. The van der Waals surface area contributed by atoms with Crippen molar-refractivity contribution in [2.45, 2.75) is 52.9 Å². The van der Waals surface area contributed by atoms with E-state index < -0.39 is 0 Å². The predicted octanol–water partition coefficient (Wildman–Crippen LogP) is 5.80. The molecule has 3 N–H and O–H groups in total. The molecule has 0 saturated heterocycles. The van der Waals surface area contributed by atoms with E-state index in [4.69, 9.17) is 10.7 Å². The van der Waals surface area contributed by atoms with E-state index >= 15 is 0 Å². The molecular weight excluding hydrogens is 330 g/mol. The smallest absolute Gasteiger partial charge is 0.0708 e. The van der Waals surface area contributed by atoms with Crippen LogP contribution in [0, 0.1) is 6.92 Å². The summed E-state index contributed by atoms with van der Waals surface area (Å²) < 4.78 is 0. The summed E-state index contributed by atoms with van der Waals surface area (Å²) in [5, 5.41) is 3.58. The highest BCUT2D eigenvalue weighted by atomic mass is 14.9. The number of hydrogen-bond donors (Lipinski definition) is 2. The number of pyridine rings is 1. The van der Waals surface area contributed by atoms with Gasteiger partial charge < -0.3 is 11.1 Å². The van der Waals surface area contributed by atoms with Gasteiger partial charge in [-0.2, -0.15) is 0 Å². The van der Waals surface area contributed by atoms with Gasteiger partial charge >= 0.3 is 0 Å². The minimum Gasteiger partial charge on any atom is -0.361 e. The van der Waals surface area contributed by atoms with Crippen molar-refractivity contribution in [2.24, 2.45) is 5.73 Å². The van der Waals surface area contributed by atoms with E-state index in [0.717, 1.165) is 30.5 Å². The molecule has 2 aromatic rings. The van der Waals surface area contributed by atoms with Crippen molar-refractivity contribution in [1.82, 2.24) is 4.98 Å². The van der Waals surface area contributed by atoms with Crippen LogP contribution in [0.2, 0.25) is 0 Å². The van der Waals surface area contributed by atoms with Gasteiger partial charge in [0.25, 0.3) is 0 Å². The number of rotatable bonds is 6. The molecule has 0 spiro atoms. The normalized spacial score (nSPS) is 14.4. The SMILES string of the molecule is C=C1C(CC)=CNc2c1cc(C)c(-c1ccc(CCN)cn1)c2C(C)CC. The van der Waals surface area contributed by atoms with E-state index in [9.17, 15) is 0 Å². The largest absolute Gasteiger partial charge is 0.361 e. The van der Waals surface area contributed by atoms with Crippen molar-refractivity contribution in [3.8, 4) is 11.3 Å². The fourth-order valence-corrected chi connectivity index (χ4v) is 3.90. The second-order valence-electron chi connectivity index (χ2n) is 7.45. The Morgan fingerprint density at radius 1 is 1.26 bits per heavy atom. The standard InChI is InChI=1S/C24H31N3/c1-6-15(3)23-22(21-9-8-18(10-11-25)13-26-21)16(4)12-20-17(5)19(7-2)14-27-24(20)23/h8-9,12-15,27H,5-7,10-11,25H2,1-4H3. The molecule has 2 heterocycles. The molecule has 1 unspecified atom stereocenters. The maximum atomic E-state index is 5.68. The third-order valence-corrected chi connectivity index (χ3v) is 5.67. The van der Waals surface area contributed by atoms with Crippen LogP contribution >= 0.6 is 0 Å². The van der Waals surface area contributed by atoms with Crippen molar-refractivity contribution in [3.63, 3.8) is 0 Å². The number of hydrogen-bond acceptors (Lipinski definition) is 3. The molecule has 1 aromatic heterocycles. The minimum absolute atomic E-state index is 0.427. The Morgan fingerprint density at radius 2 is 2.04 bits per heavy atom. The fourth-order valence-electron chi connectivity index (χ4n) is 3.90. The summed E-state index contributed by atoms with van der Waals surface area (Å²) >= 11 is 0. The Labute approximate surface area is 163 Å². The topological polar surface area (TPSA) is 50.9 Å². The maximum Gasteiger partial charge on any atom is 0.0708 e. The number of nitrogens with zero attached hydrogens (tertiary/aromatic N) is 1. The zero-order chi connectivity index (χ0) is 19.6. The summed E-state index contributed by atoms with van der Waals surface area (Å²) in [5.41, 5.74) is 16.6. The molecule has 142 valence electrons. The quantitative estimate of drug-likeness (QED) is 0.683. The van der Waals surface area contributed by atoms with E-state index in [1.54, 1.807) is 0 Å². The third kappa shape index (κ3) is 3.57. The number of aromatic nitrogens is 1. The van der Waals surface area contributed by atoms with Crippen molar-refractivity contribution in [1.29, 1.82) is 0 Å². The van der Waals surface area contributed by atoms with Crippen LogP contribution in [-0.2, 0) is 6.42 Å². The van der Waals surface area contributed by atoms with Crippen molar-refractivity contribution < 1.29 is 0 Å². The number of anilines is 1. The lowest BCUT2D eigenvalue weighted by Crippen LogP contribution is -2.11. The summed E-state index contributed by atoms with van der Waals surface area (Å²) in [7, 11) is 0. The van der Waals surface area contributed by atoms with Crippen LogP contribution in [0.3, 0.4) is 0 Å². The van der Waals surface area contributed by atoms with Gasteiger partial charge in [0.2, 0.25) is 0 Å². The van der Waals surface area contributed by atoms with Crippen LogP contribution in [0.15, 0.2) is 42.7 Å². The highest BCUT2D eigenvalue weighted by Gasteiger charge is 2.25. The Morgan fingerprint density at radius 3 is 2.63 bits per heavy atom. The number of nitrogens with one attached hydrogen (secondary N) is 1. The molecular formula is C24H31N3.